The zero-order valence-corrected chi connectivity index (χ0v) is 16.1. The average Bonchev–Trinajstić information content (AvgIpc) is 2.77. The fourth-order valence-electron chi connectivity index (χ4n) is 2.60. The quantitative estimate of drug-likeness (QED) is 0.616. The Hall–Kier alpha value is -3.80. The number of amides is 2. The smallest absolute Gasteiger partial charge is 0.262 e. The standard InChI is InChI=1S/C23H22N2O4/c1-28-20-11-13-21(14-12-20)29-16-22(26)25-19-9-7-18(8-10-19)23(27)24-15-17-5-3-2-4-6-17/h2-14H,15-16H2,1H3,(H,24,27)(H,25,26). The van der Waals surface area contributed by atoms with Gasteiger partial charge in [-0.05, 0) is 54.1 Å². The largest absolute Gasteiger partial charge is 0.497 e. The summed E-state index contributed by atoms with van der Waals surface area (Å²) in [6.45, 7) is 0.340. The molecular weight excluding hydrogens is 368 g/mol. The second kappa shape index (κ2) is 9.94. The molecule has 0 aromatic heterocycles. The van der Waals surface area contributed by atoms with E-state index in [0.717, 1.165) is 11.3 Å². The fourth-order valence-corrected chi connectivity index (χ4v) is 2.60. The molecule has 148 valence electrons. The molecule has 0 spiro atoms. The van der Waals surface area contributed by atoms with Crippen LogP contribution in [0.1, 0.15) is 15.9 Å². The summed E-state index contributed by atoms with van der Waals surface area (Å²) >= 11 is 0. The van der Waals surface area contributed by atoms with E-state index in [1.54, 1.807) is 55.6 Å². The Morgan fingerprint density at radius 1 is 0.828 bits per heavy atom. The minimum absolute atomic E-state index is 0.119. The Kier molecular flexibility index (Phi) is 6.84. The maximum Gasteiger partial charge on any atom is 0.262 e. The molecule has 3 aromatic carbocycles. The minimum atomic E-state index is -0.290. The lowest BCUT2D eigenvalue weighted by Gasteiger charge is -2.09. The summed E-state index contributed by atoms with van der Waals surface area (Å²) in [6, 6.07) is 23.4. The van der Waals surface area contributed by atoms with Crippen LogP contribution in [-0.2, 0) is 11.3 Å². The lowest BCUT2D eigenvalue weighted by atomic mass is 10.1. The Balaban J connectivity index is 1.46. The van der Waals surface area contributed by atoms with E-state index in [1.165, 1.54) is 0 Å². The highest BCUT2D eigenvalue weighted by atomic mass is 16.5. The van der Waals surface area contributed by atoms with Gasteiger partial charge in [-0.15, -0.1) is 0 Å². The van der Waals surface area contributed by atoms with Crippen LogP contribution in [0.4, 0.5) is 5.69 Å². The molecular formula is C23H22N2O4. The molecule has 0 aliphatic carbocycles. The van der Waals surface area contributed by atoms with Crippen molar-refractivity contribution in [3.8, 4) is 11.5 Å². The van der Waals surface area contributed by atoms with Crippen molar-refractivity contribution in [1.82, 2.24) is 5.32 Å². The van der Waals surface area contributed by atoms with E-state index < -0.39 is 0 Å². The van der Waals surface area contributed by atoms with Crippen molar-refractivity contribution in [2.75, 3.05) is 19.0 Å². The summed E-state index contributed by atoms with van der Waals surface area (Å²) in [7, 11) is 1.58. The van der Waals surface area contributed by atoms with Crippen LogP contribution in [-0.4, -0.2) is 25.5 Å². The van der Waals surface area contributed by atoms with Crippen molar-refractivity contribution in [2.24, 2.45) is 0 Å². The normalized spacial score (nSPS) is 10.1. The van der Waals surface area contributed by atoms with Gasteiger partial charge in [0.1, 0.15) is 11.5 Å². The molecule has 6 nitrogen and oxygen atoms in total. The second-order valence-corrected chi connectivity index (χ2v) is 6.26. The van der Waals surface area contributed by atoms with E-state index in [-0.39, 0.29) is 18.4 Å². The SMILES string of the molecule is COc1ccc(OCC(=O)Nc2ccc(C(=O)NCc3ccccc3)cc2)cc1. The van der Waals surface area contributed by atoms with Crippen molar-refractivity contribution in [1.29, 1.82) is 0 Å². The number of nitrogens with one attached hydrogen (secondary N) is 2. The van der Waals surface area contributed by atoms with Crippen molar-refractivity contribution in [3.63, 3.8) is 0 Å². The van der Waals surface area contributed by atoms with Crippen molar-refractivity contribution in [3.05, 3.63) is 90.0 Å². The van der Waals surface area contributed by atoms with Crippen LogP contribution in [0.2, 0.25) is 0 Å². The number of carbonyl (C=O) groups excluding carboxylic acids is 2. The molecule has 0 aliphatic heterocycles. The van der Waals surface area contributed by atoms with Gasteiger partial charge in [0, 0.05) is 17.8 Å². The van der Waals surface area contributed by atoms with Gasteiger partial charge in [-0.3, -0.25) is 9.59 Å². The van der Waals surface area contributed by atoms with Gasteiger partial charge in [0.15, 0.2) is 6.61 Å². The minimum Gasteiger partial charge on any atom is -0.497 e. The number of rotatable bonds is 8. The first-order chi connectivity index (χ1) is 14.1. The molecule has 6 heteroatoms. The van der Waals surface area contributed by atoms with Gasteiger partial charge >= 0.3 is 0 Å². The van der Waals surface area contributed by atoms with E-state index in [2.05, 4.69) is 10.6 Å². The van der Waals surface area contributed by atoms with Gasteiger partial charge in [-0.25, -0.2) is 0 Å². The molecule has 0 saturated carbocycles. The van der Waals surface area contributed by atoms with E-state index in [1.807, 2.05) is 30.3 Å². The highest BCUT2D eigenvalue weighted by Gasteiger charge is 2.07. The van der Waals surface area contributed by atoms with Gasteiger partial charge in [0.25, 0.3) is 11.8 Å². The molecule has 2 N–H and O–H groups in total. The Morgan fingerprint density at radius 2 is 1.48 bits per heavy atom. The number of benzene rings is 3. The van der Waals surface area contributed by atoms with E-state index in [0.29, 0.717) is 23.5 Å². The zero-order chi connectivity index (χ0) is 20.5. The Morgan fingerprint density at radius 3 is 2.14 bits per heavy atom. The van der Waals surface area contributed by atoms with Crippen LogP contribution in [0.3, 0.4) is 0 Å². The fraction of sp³-hybridized carbons (Fsp3) is 0.130. The highest BCUT2D eigenvalue weighted by molar-refractivity contribution is 5.96. The molecule has 0 unspecified atom stereocenters. The number of methoxy groups -OCH3 is 1. The third-order valence-corrected chi connectivity index (χ3v) is 4.16. The van der Waals surface area contributed by atoms with Crippen LogP contribution in [0.15, 0.2) is 78.9 Å². The van der Waals surface area contributed by atoms with Gasteiger partial charge in [0.05, 0.1) is 7.11 Å². The maximum atomic E-state index is 12.2. The lowest BCUT2D eigenvalue weighted by Crippen LogP contribution is -2.23. The van der Waals surface area contributed by atoms with Crippen molar-refractivity contribution < 1.29 is 19.1 Å². The van der Waals surface area contributed by atoms with E-state index in [4.69, 9.17) is 9.47 Å². The molecule has 0 fully saturated rings. The zero-order valence-electron chi connectivity index (χ0n) is 16.1. The number of carbonyl (C=O) groups is 2. The van der Waals surface area contributed by atoms with Crippen LogP contribution in [0.5, 0.6) is 11.5 Å². The molecule has 0 heterocycles. The summed E-state index contributed by atoms with van der Waals surface area (Å²) in [5, 5.41) is 5.61. The number of anilines is 1. The molecule has 0 radical (unpaired) electrons. The molecule has 3 rings (SSSR count). The Bertz CT molecular complexity index is 939. The van der Waals surface area contributed by atoms with Gasteiger partial charge in [0.2, 0.25) is 0 Å². The third-order valence-electron chi connectivity index (χ3n) is 4.16. The predicted octanol–water partition coefficient (Wildman–Crippen LogP) is 3.64. The molecule has 3 aromatic rings. The molecule has 0 saturated heterocycles. The first-order valence-electron chi connectivity index (χ1n) is 9.13. The van der Waals surface area contributed by atoms with Gasteiger partial charge in [-0.2, -0.15) is 0 Å². The molecule has 0 bridgehead atoms. The summed E-state index contributed by atoms with van der Waals surface area (Å²) < 4.78 is 10.5. The number of hydrogen-bond donors (Lipinski definition) is 2. The summed E-state index contributed by atoms with van der Waals surface area (Å²) in [5.41, 5.74) is 2.14. The van der Waals surface area contributed by atoms with Crippen LogP contribution < -0.4 is 20.1 Å². The molecule has 0 aliphatic rings. The first kappa shape index (κ1) is 19.9. The number of ether oxygens (including phenoxy) is 2. The third kappa shape index (κ3) is 6.10. The van der Waals surface area contributed by atoms with Crippen LogP contribution in [0.25, 0.3) is 0 Å². The van der Waals surface area contributed by atoms with E-state index >= 15 is 0 Å². The molecule has 2 amide bonds. The predicted molar refractivity (Wildman–Crippen MR) is 111 cm³/mol. The van der Waals surface area contributed by atoms with Crippen LogP contribution in [0, 0.1) is 0 Å². The topological polar surface area (TPSA) is 76.7 Å². The monoisotopic (exact) mass is 390 g/mol. The second-order valence-electron chi connectivity index (χ2n) is 6.26. The molecule has 0 atom stereocenters. The van der Waals surface area contributed by atoms with E-state index in [9.17, 15) is 9.59 Å². The maximum absolute atomic E-state index is 12.2. The first-order valence-corrected chi connectivity index (χ1v) is 9.13. The summed E-state index contributed by atoms with van der Waals surface area (Å²) in [6.07, 6.45) is 0. The van der Waals surface area contributed by atoms with Gasteiger partial charge in [-0.1, -0.05) is 30.3 Å². The molecule has 29 heavy (non-hydrogen) atoms. The van der Waals surface area contributed by atoms with Gasteiger partial charge < -0.3 is 20.1 Å². The summed E-state index contributed by atoms with van der Waals surface area (Å²) in [4.78, 5) is 24.3. The lowest BCUT2D eigenvalue weighted by molar-refractivity contribution is -0.118. The van der Waals surface area contributed by atoms with Crippen molar-refractivity contribution in [2.45, 2.75) is 6.54 Å². The Labute approximate surface area is 169 Å². The average molecular weight is 390 g/mol. The number of hydrogen-bond acceptors (Lipinski definition) is 4. The highest BCUT2D eigenvalue weighted by Crippen LogP contribution is 2.17. The summed E-state index contributed by atoms with van der Waals surface area (Å²) in [5.74, 6) is 0.831. The van der Waals surface area contributed by atoms with Crippen molar-refractivity contribution >= 4 is 17.5 Å². The van der Waals surface area contributed by atoms with Crippen LogP contribution >= 0.6 is 0 Å².